The molecule has 2 bridgehead atoms. The minimum atomic E-state index is 0.748. The van der Waals surface area contributed by atoms with Crippen LogP contribution < -0.4 is 10.6 Å². The van der Waals surface area contributed by atoms with Gasteiger partial charge >= 0.3 is 0 Å². The molecule has 2 N–H and O–H groups in total. The van der Waals surface area contributed by atoms with Gasteiger partial charge in [-0.05, 0) is 49.4 Å². The summed E-state index contributed by atoms with van der Waals surface area (Å²) < 4.78 is 0. The molecule has 1 saturated carbocycles. The fraction of sp³-hybridized carbons (Fsp3) is 0.400. The summed E-state index contributed by atoms with van der Waals surface area (Å²) in [5.41, 5.74) is 8.97. The number of anilines is 2. The first-order chi connectivity index (χ1) is 8.81. The van der Waals surface area contributed by atoms with Crippen molar-refractivity contribution in [3.8, 4) is 0 Å². The van der Waals surface area contributed by atoms with Crippen LogP contribution >= 0.6 is 0 Å². The summed E-state index contributed by atoms with van der Waals surface area (Å²) in [7, 11) is 0. The highest BCUT2D eigenvalue weighted by Gasteiger charge is 2.38. The molecule has 2 unspecified atom stereocenters. The molecule has 4 rings (SSSR count). The molecule has 3 nitrogen and oxygen atoms in total. The van der Waals surface area contributed by atoms with Gasteiger partial charge < -0.3 is 10.6 Å². The number of nitrogens with two attached hydrogens (primary N) is 1. The summed E-state index contributed by atoms with van der Waals surface area (Å²) in [4.78, 5) is 7.01. The normalized spacial score (nSPS) is 26.1. The van der Waals surface area contributed by atoms with E-state index in [2.05, 4.69) is 22.0 Å². The van der Waals surface area contributed by atoms with Crippen LogP contribution in [0.3, 0.4) is 0 Å². The van der Waals surface area contributed by atoms with E-state index in [1.807, 2.05) is 18.3 Å². The lowest BCUT2D eigenvalue weighted by atomic mass is 10.1. The maximum atomic E-state index is 5.83. The number of hydrogen-bond donors (Lipinski definition) is 1. The van der Waals surface area contributed by atoms with Crippen LogP contribution in [0.1, 0.15) is 19.3 Å². The van der Waals surface area contributed by atoms with Gasteiger partial charge in [-0.1, -0.05) is 0 Å². The van der Waals surface area contributed by atoms with Crippen molar-refractivity contribution in [1.82, 2.24) is 4.98 Å². The molecule has 2 aliphatic rings. The van der Waals surface area contributed by atoms with Crippen molar-refractivity contribution in [3.63, 3.8) is 0 Å². The van der Waals surface area contributed by atoms with Crippen molar-refractivity contribution in [2.75, 3.05) is 17.2 Å². The van der Waals surface area contributed by atoms with Gasteiger partial charge in [0.15, 0.2) is 0 Å². The lowest BCUT2D eigenvalue weighted by molar-refractivity contribution is 0.554. The van der Waals surface area contributed by atoms with E-state index in [1.54, 1.807) is 0 Å². The first-order valence-corrected chi connectivity index (χ1v) is 6.72. The number of nitrogens with zero attached hydrogens (tertiary/aromatic N) is 2. The quantitative estimate of drug-likeness (QED) is 0.778. The van der Waals surface area contributed by atoms with Crippen molar-refractivity contribution in [2.24, 2.45) is 5.92 Å². The fourth-order valence-electron chi connectivity index (χ4n) is 3.62. The Morgan fingerprint density at radius 3 is 2.94 bits per heavy atom. The number of rotatable bonds is 1. The molecule has 1 aromatic carbocycles. The molecule has 2 fully saturated rings. The van der Waals surface area contributed by atoms with Gasteiger partial charge in [-0.25, -0.2) is 0 Å². The lowest BCUT2D eigenvalue weighted by Crippen LogP contribution is -2.31. The van der Waals surface area contributed by atoms with Crippen LogP contribution in [0, 0.1) is 5.92 Å². The molecule has 0 radical (unpaired) electrons. The SMILES string of the molecule is Nc1ccc2c(N3CC4CCC3C4)ccnc2c1. The molecule has 2 aromatic rings. The molecule has 1 aliphatic heterocycles. The predicted octanol–water partition coefficient (Wildman–Crippen LogP) is 2.81. The van der Waals surface area contributed by atoms with Crippen LogP contribution in [0.4, 0.5) is 11.4 Å². The molecule has 0 spiro atoms. The second kappa shape index (κ2) is 3.61. The summed E-state index contributed by atoms with van der Waals surface area (Å²) >= 11 is 0. The molecule has 1 aliphatic carbocycles. The average Bonchev–Trinajstić information content (AvgIpc) is 2.99. The predicted molar refractivity (Wildman–Crippen MR) is 74.6 cm³/mol. The first-order valence-electron chi connectivity index (χ1n) is 6.72. The molecule has 18 heavy (non-hydrogen) atoms. The third kappa shape index (κ3) is 1.40. The number of aromatic nitrogens is 1. The minimum absolute atomic E-state index is 0.748. The topological polar surface area (TPSA) is 42.1 Å². The van der Waals surface area contributed by atoms with E-state index in [-0.39, 0.29) is 0 Å². The summed E-state index contributed by atoms with van der Waals surface area (Å²) in [5.74, 6) is 0.909. The molecular weight excluding hydrogens is 222 g/mol. The lowest BCUT2D eigenvalue weighted by Gasteiger charge is -2.30. The Labute approximate surface area is 107 Å². The van der Waals surface area contributed by atoms with E-state index in [4.69, 9.17) is 5.73 Å². The molecule has 2 atom stereocenters. The van der Waals surface area contributed by atoms with Gasteiger partial charge in [0.2, 0.25) is 0 Å². The largest absolute Gasteiger partial charge is 0.399 e. The van der Waals surface area contributed by atoms with Crippen molar-refractivity contribution < 1.29 is 0 Å². The van der Waals surface area contributed by atoms with Gasteiger partial charge in [-0.15, -0.1) is 0 Å². The molecule has 92 valence electrons. The Morgan fingerprint density at radius 1 is 1.22 bits per heavy atom. The number of nitrogen functional groups attached to an aromatic ring is 1. The molecule has 1 aromatic heterocycles. The number of piperidine rings is 1. The van der Waals surface area contributed by atoms with Crippen LogP contribution in [0.5, 0.6) is 0 Å². The van der Waals surface area contributed by atoms with Crippen molar-refractivity contribution in [3.05, 3.63) is 30.5 Å². The standard InChI is InChI=1S/C15H17N3/c16-11-2-4-13-14(8-11)17-6-5-15(13)18-9-10-1-3-12(18)7-10/h2,4-6,8,10,12H,1,3,7,9,16H2. The van der Waals surface area contributed by atoms with Gasteiger partial charge in [0.05, 0.1) is 5.52 Å². The number of hydrogen-bond acceptors (Lipinski definition) is 3. The molecule has 3 heteroatoms. The Bertz CT molecular complexity index is 608. The van der Waals surface area contributed by atoms with Gasteiger partial charge in [0, 0.05) is 35.5 Å². The highest BCUT2D eigenvalue weighted by Crippen LogP contribution is 2.42. The van der Waals surface area contributed by atoms with E-state index >= 15 is 0 Å². The highest BCUT2D eigenvalue weighted by atomic mass is 15.2. The molecule has 2 heterocycles. The average molecular weight is 239 g/mol. The smallest absolute Gasteiger partial charge is 0.0743 e. The van der Waals surface area contributed by atoms with Crippen molar-refractivity contribution >= 4 is 22.3 Å². The third-order valence-electron chi connectivity index (χ3n) is 4.46. The highest BCUT2D eigenvalue weighted by molar-refractivity contribution is 5.93. The maximum absolute atomic E-state index is 5.83. The van der Waals surface area contributed by atoms with Crippen LogP contribution in [-0.2, 0) is 0 Å². The van der Waals surface area contributed by atoms with E-state index in [0.717, 1.165) is 23.2 Å². The van der Waals surface area contributed by atoms with Crippen LogP contribution in [0.25, 0.3) is 10.9 Å². The van der Waals surface area contributed by atoms with E-state index in [0.29, 0.717) is 0 Å². The van der Waals surface area contributed by atoms with E-state index in [9.17, 15) is 0 Å². The Kier molecular flexibility index (Phi) is 2.04. The van der Waals surface area contributed by atoms with Gasteiger partial charge in [0.25, 0.3) is 0 Å². The number of fused-ring (bicyclic) bond motifs is 3. The zero-order valence-corrected chi connectivity index (χ0v) is 10.3. The van der Waals surface area contributed by atoms with Crippen molar-refractivity contribution in [1.29, 1.82) is 0 Å². The summed E-state index contributed by atoms with van der Waals surface area (Å²) in [6.45, 7) is 1.22. The summed E-state index contributed by atoms with van der Waals surface area (Å²) in [6.07, 6.45) is 6.04. The fourth-order valence-corrected chi connectivity index (χ4v) is 3.62. The van der Waals surface area contributed by atoms with Crippen molar-refractivity contribution in [2.45, 2.75) is 25.3 Å². The van der Waals surface area contributed by atoms with Gasteiger partial charge in [-0.3, -0.25) is 4.98 Å². The Morgan fingerprint density at radius 2 is 2.17 bits per heavy atom. The van der Waals surface area contributed by atoms with E-state index in [1.165, 1.54) is 36.9 Å². The Balaban J connectivity index is 1.85. The second-order valence-corrected chi connectivity index (χ2v) is 5.59. The third-order valence-corrected chi connectivity index (χ3v) is 4.46. The summed E-state index contributed by atoms with van der Waals surface area (Å²) in [5, 5.41) is 1.24. The van der Waals surface area contributed by atoms with Gasteiger partial charge in [0.1, 0.15) is 0 Å². The minimum Gasteiger partial charge on any atom is -0.399 e. The molecule has 1 saturated heterocycles. The summed E-state index contributed by atoms with van der Waals surface area (Å²) in [6, 6.07) is 8.95. The monoisotopic (exact) mass is 239 g/mol. The number of pyridine rings is 1. The van der Waals surface area contributed by atoms with E-state index < -0.39 is 0 Å². The zero-order chi connectivity index (χ0) is 12.1. The first kappa shape index (κ1) is 10.2. The van der Waals surface area contributed by atoms with Crippen LogP contribution in [0.2, 0.25) is 0 Å². The number of benzene rings is 1. The second-order valence-electron chi connectivity index (χ2n) is 5.59. The van der Waals surface area contributed by atoms with Gasteiger partial charge in [-0.2, -0.15) is 0 Å². The molecular formula is C15H17N3. The Hall–Kier alpha value is -1.77. The zero-order valence-electron chi connectivity index (χ0n) is 10.3. The molecule has 0 amide bonds. The maximum Gasteiger partial charge on any atom is 0.0743 e. The van der Waals surface area contributed by atoms with Crippen LogP contribution in [-0.4, -0.2) is 17.6 Å². The van der Waals surface area contributed by atoms with Crippen LogP contribution in [0.15, 0.2) is 30.5 Å².